The molecule has 0 atom stereocenters. The van der Waals surface area contributed by atoms with E-state index >= 15 is 0 Å². The number of carbonyl (C=O) groups is 1. The number of benzene rings is 3. The summed E-state index contributed by atoms with van der Waals surface area (Å²) >= 11 is 0. The molecule has 6 aromatic rings. The minimum absolute atomic E-state index is 0.0757. The molecule has 0 radical (unpaired) electrons. The lowest BCUT2D eigenvalue weighted by Crippen LogP contribution is -2.24. The first-order valence-corrected chi connectivity index (χ1v) is 16.0. The summed E-state index contributed by atoms with van der Waals surface area (Å²) in [6, 6.07) is 21.3. The van der Waals surface area contributed by atoms with Crippen LogP contribution in [0.5, 0.6) is 0 Å². The van der Waals surface area contributed by atoms with Gasteiger partial charge in [0.25, 0.3) is 0 Å². The number of rotatable bonds is 9. The number of hydrogen-bond donors (Lipinski definition) is 4. The van der Waals surface area contributed by atoms with Crippen molar-refractivity contribution in [3.05, 3.63) is 84.9 Å². The summed E-state index contributed by atoms with van der Waals surface area (Å²) in [5, 5.41) is 16.2. The van der Waals surface area contributed by atoms with Crippen LogP contribution in [0.1, 0.15) is 32.1 Å². The molecule has 4 N–H and O–H groups in total. The maximum atomic E-state index is 14.8. The molecule has 3 heterocycles. The molecule has 234 valence electrons. The zero-order chi connectivity index (χ0) is 31.6. The lowest BCUT2D eigenvalue weighted by molar-refractivity contribution is -0.120. The Hall–Kier alpha value is -5.02. The first kappa shape index (κ1) is 29.7. The Morgan fingerprint density at radius 3 is 2.59 bits per heavy atom. The summed E-state index contributed by atoms with van der Waals surface area (Å²) in [5.41, 5.74) is 8.59. The van der Waals surface area contributed by atoms with E-state index in [1.807, 2.05) is 62.8 Å². The molecule has 0 bridgehead atoms. The third-order valence-corrected chi connectivity index (χ3v) is 8.89. The van der Waals surface area contributed by atoms with Crippen molar-refractivity contribution < 1.29 is 9.18 Å². The van der Waals surface area contributed by atoms with Gasteiger partial charge in [0.2, 0.25) is 5.91 Å². The molecule has 0 unspecified atom stereocenters. The van der Waals surface area contributed by atoms with Crippen LogP contribution in [0.25, 0.3) is 55.4 Å². The number of nitrogens with zero attached hydrogens (tertiary/aromatic N) is 3. The second-order valence-corrected chi connectivity index (χ2v) is 12.5. The number of aromatic amines is 2. The summed E-state index contributed by atoms with van der Waals surface area (Å²) < 4.78 is 14.8. The Morgan fingerprint density at radius 1 is 0.891 bits per heavy atom. The van der Waals surface area contributed by atoms with Gasteiger partial charge >= 0.3 is 0 Å². The molecule has 3 aromatic carbocycles. The molecule has 1 amide bonds. The number of H-pyrrole nitrogens is 2. The van der Waals surface area contributed by atoms with Crippen LogP contribution < -0.4 is 10.6 Å². The Labute approximate surface area is 267 Å². The van der Waals surface area contributed by atoms with E-state index < -0.39 is 0 Å². The third kappa shape index (κ3) is 6.23. The highest BCUT2D eigenvalue weighted by Crippen LogP contribution is 2.36. The average Bonchev–Trinajstić information content (AvgIpc) is 3.69. The molecule has 1 saturated carbocycles. The van der Waals surface area contributed by atoms with Crippen molar-refractivity contribution in [1.29, 1.82) is 0 Å². The number of aromatic nitrogens is 4. The minimum atomic E-state index is -0.282. The fourth-order valence-corrected chi connectivity index (χ4v) is 6.48. The second kappa shape index (κ2) is 12.8. The number of likely N-dealkylation sites (N-methyl/N-ethyl adjacent to an activating group) is 1. The first-order valence-electron chi connectivity index (χ1n) is 16.0. The molecule has 1 fully saturated rings. The summed E-state index contributed by atoms with van der Waals surface area (Å²) in [5.74, 6) is -0.123. The molecular formula is C37H38FN7O. The highest BCUT2D eigenvalue weighted by atomic mass is 19.1. The van der Waals surface area contributed by atoms with E-state index in [4.69, 9.17) is 0 Å². The van der Waals surface area contributed by atoms with Gasteiger partial charge in [-0.2, -0.15) is 5.10 Å². The topological polar surface area (TPSA) is 102 Å². The highest BCUT2D eigenvalue weighted by Gasteiger charge is 2.21. The monoisotopic (exact) mass is 615 g/mol. The summed E-state index contributed by atoms with van der Waals surface area (Å²) in [6.07, 6.45) is 8.85. The van der Waals surface area contributed by atoms with Gasteiger partial charge in [-0.15, -0.1) is 0 Å². The zero-order valence-electron chi connectivity index (χ0n) is 26.2. The number of pyridine rings is 1. The van der Waals surface area contributed by atoms with Crippen LogP contribution >= 0.6 is 0 Å². The minimum Gasteiger partial charge on any atom is -0.384 e. The van der Waals surface area contributed by atoms with Crippen molar-refractivity contribution in [3.8, 4) is 33.6 Å². The standard InChI is InChI=1S/C37H38FN7O/c1-45(2)14-13-40-28-16-25(15-27(38)19-28)30-9-6-10-33-31(30)20-35(42-33)36-32-18-24(11-12-34(32)43-44-36)26-17-29(22-39-21-26)41-37(46)23-7-4-3-5-8-23/h6,9-12,15-23,40,42H,3-5,7-8,13-14H2,1-2H3,(H,41,46)(H,43,44). The number of anilines is 2. The third-order valence-electron chi connectivity index (χ3n) is 8.89. The van der Waals surface area contributed by atoms with Crippen molar-refractivity contribution in [2.24, 2.45) is 5.92 Å². The van der Waals surface area contributed by atoms with E-state index in [-0.39, 0.29) is 17.6 Å². The van der Waals surface area contributed by atoms with Gasteiger partial charge in [0.1, 0.15) is 11.5 Å². The number of carbonyl (C=O) groups excluding carboxylic acids is 1. The molecular weight excluding hydrogens is 577 g/mol. The van der Waals surface area contributed by atoms with Crippen molar-refractivity contribution in [2.45, 2.75) is 32.1 Å². The summed E-state index contributed by atoms with van der Waals surface area (Å²) in [4.78, 5) is 22.9. The van der Waals surface area contributed by atoms with E-state index in [0.717, 1.165) is 99.9 Å². The quantitative estimate of drug-likeness (QED) is 0.132. The van der Waals surface area contributed by atoms with Gasteiger partial charge in [0.15, 0.2) is 0 Å². The molecule has 3 aromatic heterocycles. The second-order valence-electron chi connectivity index (χ2n) is 12.5. The fourth-order valence-electron chi connectivity index (χ4n) is 6.48. The van der Waals surface area contributed by atoms with Crippen LogP contribution in [0.2, 0.25) is 0 Å². The van der Waals surface area contributed by atoms with E-state index in [2.05, 4.69) is 47.8 Å². The maximum Gasteiger partial charge on any atom is 0.227 e. The van der Waals surface area contributed by atoms with Crippen molar-refractivity contribution >= 4 is 39.1 Å². The fraction of sp³-hybridized carbons (Fsp3) is 0.270. The molecule has 46 heavy (non-hydrogen) atoms. The molecule has 7 rings (SSSR count). The molecule has 1 aliphatic carbocycles. The predicted octanol–water partition coefficient (Wildman–Crippen LogP) is 8.07. The van der Waals surface area contributed by atoms with Crippen LogP contribution in [0, 0.1) is 11.7 Å². The molecule has 9 heteroatoms. The Bertz CT molecular complexity index is 2020. The van der Waals surface area contributed by atoms with Gasteiger partial charge in [-0.3, -0.25) is 14.9 Å². The summed E-state index contributed by atoms with van der Waals surface area (Å²) in [7, 11) is 4.03. The summed E-state index contributed by atoms with van der Waals surface area (Å²) in [6.45, 7) is 1.57. The predicted molar refractivity (Wildman–Crippen MR) is 184 cm³/mol. The van der Waals surface area contributed by atoms with Gasteiger partial charge in [0.05, 0.1) is 23.1 Å². The highest BCUT2D eigenvalue weighted by molar-refractivity contribution is 6.02. The van der Waals surface area contributed by atoms with Crippen LogP contribution in [-0.2, 0) is 4.79 Å². The SMILES string of the molecule is CN(C)CCNc1cc(F)cc(-c2cccc3[nH]c(-c4n[nH]c5ccc(-c6cncc(NC(=O)C7CCCCC7)c6)cc45)cc23)c1. The Kier molecular flexibility index (Phi) is 8.24. The van der Waals surface area contributed by atoms with Crippen LogP contribution in [0.15, 0.2) is 79.1 Å². The van der Waals surface area contributed by atoms with Crippen LogP contribution in [-0.4, -0.2) is 58.2 Å². The van der Waals surface area contributed by atoms with E-state index in [9.17, 15) is 9.18 Å². The first-order chi connectivity index (χ1) is 22.4. The van der Waals surface area contributed by atoms with Crippen LogP contribution in [0.4, 0.5) is 15.8 Å². The smallest absolute Gasteiger partial charge is 0.227 e. The van der Waals surface area contributed by atoms with Crippen LogP contribution in [0.3, 0.4) is 0 Å². The Balaban J connectivity index is 1.19. The van der Waals surface area contributed by atoms with Gasteiger partial charge in [-0.25, -0.2) is 4.39 Å². The largest absolute Gasteiger partial charge is 0.384 e. The maximum absolute atomic E-state index is 14.8. The number of nitrogens with one attached hydrogen (secondary N) is 4. The number of halogens is 1. The average molecular weight is 616 g/mol. The molecule has 8 nitrogen and oxygen atoms in total. The van der Waals surface area contributed by atoms with E-state index in [1.165, 1.54) is 12.5 Å². The lowest BCUT2D eigenvalue weighted by Gasteiger charge is -2.20. The lowest BCUT2D eigenvalue weighted by atomic mass is 9.88. The molecule has 1 aliphatic rings. The normalized spacial score (nSPS) is 13.9. The van der Waals surface area contributed by atoms with E-state index in [1.54, 1.807) is 12.3 Å². The molecule has 0 saturated heterocycles. The number of hydrogen-bond acceptors (Lipinski definition) is 5. The molecule has 0 aliphatic heterocycles. The number of fused-ring (bicyclic) bond motifs is 2. The number of amides is 1. The molecule has 0 spiro atoms. The van der Waals surface area contributed by atoms with Gasteiger partial charge in [-0.05, 0) is 92.2 Å². The zero-order valence-corrected chi connectivity index (χ0v) is 26.2. The van der Waals surface area contributed by atoms with Gasteiger partial charge in [0, 0.05) is 52.7 Å². The van der Waals surface area contributed by atoms with Crippen molar-refractivity contribution in [2.75, 3.05) is 37.8 Å². The van der Waals surface area contributed by atoms with Gasteiger partial charge < -0.3 is 20.5 Å². The Morgan fingerprint density at radius 2 is 1.74 bits per heavy atom. The van der Waals surface area contributed by atoms with Crippen molar-refractivity contribution in [1.82, 2.24) is 25.1 Å². The van der Waals surface area contributed by atoms with E-state index in [0.29, 0.717) is 5.69 Å². The van der Waals surface area contributed by atoms with Crippen molar-refractivity contribution in [3.63, 3.8) is 0 Å². The van der Waals surface area contributed by atoms with Gasteiger partial charge in [-0.1, -0.05) is 37.5 Å².